The molecule has 0 N–H and O–H groups in total. The number of aromatic nitrogens is 1. The summed E-state index contributed by atoms with van der Waals surface area (Å²) in [6.07, 6.45) is 2.66. The van der Waals surface area contributed by atoms with Crippen LogP contribution in [0.5, 0.6) is 0 Å². The number of pyridine rings is 1. The number of nitriles is 1. The van der Waals surface area contributed by atoms with Gasteiger partial charge in [0.1, 0.15) is 0 Å². The van der Waals surface area contributed by atoms with Crippen molar-refractivity contribution in [3.8, 4) is 17.9 Å². The summed E-state index contributed by atoms with van der Waals surface area (Å²) >= 11 is 0. The lowest BCUT2D eigenvalue weighted by Gasteiger charge is -1.89. The number of hydrogen-bond donors (Lipinski definition) is 0. The molecule has 1 rings (SSSR count). The topological polar surface area (TPSA) is 36.7 Å². The van der Waals surface area contributed by atoms with Gasteiger partial charge in [0, 0.05) is 6.20 Å². The summed E-state index contributed by atoms with van der Waals surface area (Å²) in [5, 5.41) is 8.15. The van der Waals surface area contributed by atoms with E-state index < -0.39 is 5.82 Å². The Morgan fingerprint density at radius 2 is 2.42 bits per heavy atom. The second-order valence-corrected chi connectivity index (χ2v) is 1.99. The zero-order valence-corrected chi connectivity index (χ0v) is 6.21. The standard InChI is InChI=1S/C9H5FN2/c10-9-7-12-6-4-8(9)3-1-2-5-11/h4,6-7H,2H2. The third-order valence-corrected chi connectivity index (χ3v) is 1.16. The Morgan fingerprint density at radius 1 is 1.58 bits per heavy atom. The van der Waals surface area contributed by atoms with E-state index in [-0.39, 0.29) is 12.0 Å². The van der Waals surface area contributed by atoms with Crippen LogP contribution in [0.25, 0.3) is 0 Å². The van der Waals surface area contributed by atoms with Gasteiger partial charge in [-0.25, -0.2) is 4.39 Å². The first-order valence-corrected chi connectivity index (χ1v) is 3.30. The monoisotopic (exact) mass is 160 g/mol. The smallest absolute Gasteiger partial charge is 0.157 e. The third kappa shape index (κ3) is 2.07. The zero-order chi connectivity index (χ0) is 8.81. The molecule has 1 aromatic rings. The summed E-state index contributed by atoms with van der Waals surface area (Å²) in [7, 11) is 0. The minimum Gasteiger partial charge on any atom is -0.262 e. The highest BCUT2D eigenvalue weighted by atomic mass is 19.1. The molecule has 0 aliphatic heterocycles. The SMILES string of the molecule is N#CCC#Cc1ccncc1F. The van der Waals surface area contributed by atoms with Gasteiger partial charge in [-0.2, -0.15) is 5.26 Å². The Balaban J connectivity index is 2.86. The third-order valence-electron chi connectivity index (χ3n) is 1.16. The molecule has 1 aromatic heterocycles. The lowest BCUT2D eigenvalue weighted by Crippen LogP contribution is -1.83. The highest BCUT2D eigenvalue weighted by molar-refractivity contribution is 5.33. The van der Waals surface area contributed by atoms with E-state index in [4.69, 9.17) is 5.26 Å². The molecular formula is C9H5FN2. The van der Waals surface area contributed by atoms with Crippen molar-refractivity contribution in [3.63, 3.8) is 0 Å². The van der Waals surface area contributed by atoms with Crippen molar-refractivity contribution in [2.75, 3.05) is 0 Å². The van der Waals surface area contributed by atoms with Crippen LogP contribution < -0.4 is 0 Å². The van der Waals surface area contributed by atoms with Gasteiger partial charge >= 0.3 is 0 Å². The van der Waals surface area contributed by atoms with Crippen LogP contribution in [-0.4, -0.2) is 4.98 Å². The van der Waals surface area contributed by atoms with Crippen LogP contribution in [0.4, 0.5) is 4.39 Å². The van der Waals surface area contributed by atoms with Crippen molar-refractivity contribution < 1.29 is 4.39 Å². The molecule has 0 aliphatic rings. The lowest BCUT2D eigenvalue weighted by atomic mass is 10.2. The largest absolute Gasteiger partial charge is 0.262 e. The second-order valence-electron chi connectivity index (χ2n) is 1.99. The van der Waals surface area contributed by atoms with E-state index in [1.165, 1.54) is 12.3 Å². The fraction of sp³-hybridized carbons (Fsp3) is 0.111. The molecule has 12 heavy (non-hydrogen) atoms. The number of halogens is 1. The Morgan fingerprint density at radius 3 is 3.08 bits per heavy atom. The van der Waals surface area contributed by atoms with Crippen molar-refractivity contribution >= 4 is 0 Å². The van der Waals surface area contributed by atoms with Crippen molar-refractivity contribution in [2.24, 2.45) is 0 Å². The average Bonchev–Trinajstić information content (AvgIpc) is 2.09. The van der Waals surface area contributed by atoms with Crippen LogP contribution in [0.2, 0.25) is 0 Å². The average molecular weight is 160 g/mol. The molecule has 0 bridgehead atoms. The van der Waals surface area contributed by atoms with Crippen LogP contribution in [0.15, 0.2) is 18.5 Å². The minimum atomic E-state index is -0.456. The molecule has 1 heterocycles. The molecule has 0 aromatic carbocycles. The Bertz CT molecular complexity index is 368. The molecule has 0 amide bonds. The normalized spacial score (nSPS) is 8.00. The molecule has 0 unspecified atom stereocenters. The molecule has 0 fully saturated rings. The molecule has 0 radical (unpaired) electrons. The second kappa shape index (κ2) is 4.10. The maximum Gasteiger partial charge on any atom is 0.157 e. The first-order chi connectivity index (χ1) is 5.84. The molecule has 0 atom stereocenters. The van der Waals surface area contributed by atoms with E-state index in [1.54, 1.807) is 0 Å². The first-order valence-electron chi connectivity index (χ1n) is 3.30. The first kappa shape index (κ1) is 8.23. The van der Waals surface area contributed by atoms with Crippen molar-refractivity contribution in [1.82, 2.24) is 4.98 Å². The van der Waals surface area contributed by atoms with Gasteiger partial charge in [-0.3, -0.25) is 4.98 Å². The molecule has 0 saturated carbocycles. The Labute approximate surface area is 69.7 Å². The van der Waals surface area contributed by atoms with Gasteiger partial charge in [-0.15, -0.1) is 0 Å². The van der Waals surface area contributed by atoms with E-state index in [2.05, 4.69) is 16.8 Å². The summed E-state index contributed by atoms with van der Waals surface area (Å²) in [5.41, 5.74) is 0.278. The van der Waals surface area contributed by atoms with E-state index in [1.807, 2.05) is 6.07 Å². The van der Waals surface area contributed by atoms with E-state index in [0.717, 1.165) is 6.20 Å². The van der Waals surface area contributed by atoms with Gasteiger partial charge < -0.3 is 0 Å². The fourth-order valence-corrected chi connectivity index (χ4v) is 0.656. The van der Waals surface area contributed by atoms with Crippen LogP contribution in [-0.2, 0) is 0 Å². The van der Waals surface area contributed by atoms with E-state index in [0.29, 0.717) is 0 Å². The summed E-state index contributed by atoms with van der Waals surface area (Å²) in [6, 6.07) is 3.32. The van der Waals surface area contributed by atoms with E-state index >= 15 is 0 Å². The molecule has 58 valence electrons. The Kier molecular flexibility index (Phi) is 2.81. The highest BCUT2D eigenvalue weighted by Crippen LogP contribution is 2.01. The maximum absolute atomic E-state index is 12.8. The van der Waals surface area contributed by atoms with Crippen molar-refractivity contribution in [1.29, 1.82) is 5.26 Å². The predicted molar refractivity (Wildman–Crippen MR) is 41.3 cm³/mol. The fourth-order valence-electron chi connectivity index (χ4n) is 0.656. The lowest BCUT2D eigenvalue weighted by molar-refractivity contribution is 0.618. The predicted octanol–water partition coefficient (Wildman–Crippen LogP) is 1.49. The molecule has 0 spiro atoms. The summed E-state index contributed by atoms with van der Waals surface area (Å²) in [4.78, 5) is 3.57. The molecular weight excluding hydrogens is 155 g/mol. The van der Waals surface area contributed by atoms with Gasteiger partial charge in [0.05, 0.1) is 24.3 Å². The molecule has 2 nitrogen and oxygen atoms in total. The van der Waals surface area contributed by atoms with Gasteiger partial charge in [0.15, 0.2) is 5.82 Å². The van der Waals surface area contributed by atoms with Crippen LogP contribution in [0.1, 0.15) is 12.0 Å². The summed E-state index contributed by atoms with van der Waals surface area (Å²) in [5.74, 6) is 4.58. The molecule has 0 aliphatic carbocycles. The van der Waals surface area contributed by atoms with Crippen LogP contribution in [0.3, 0.4) is 0 Å². The number of rotatable bonds is 0. The minimum absolute atomic E-state index is 0.113. The Hall–Kier alpha value is -1.87. The van der Waals surface area contributed by atoms with E-state index in [9.17, 15) is 4.39 Å². The summed E-state index contributed by atoms with van der Waals surface area (Å²) in [6.45, 7) is 0. The van der Waals surface area contributed by atoms with Gasteiger partial charge in [0.25, 0.3) is 0 Å². The maximum atomic E-state index is 12.8. The quantitative estimate of drug-likeness (QED) is 0.539. The van der Waals surface area contributed by atoms with Crippen LogP contribution >= 0.6 is 0 Å². The highest BCUT2D eigenvalue weighted by Gasteiger charge is 1.94. The summed E-state index contributed by atoms with van der Waals surface area (Å²) < 4.78 is 12.8. The van der Waals surface area contributed by atoms with Crippen molar-refractivity contribution in [2.45, 2.75) is 6.42 Å². The van der Waals surface area contributed by atoms with Gasteiger partial charge in [0.2, 0.25) is 0 Å². The molecule has 0 saturated heterocycles. The zero-order valence-electron chi connectivity index (χ0n) is 6.21. The number of nitrogens with zero attached hydrogens (tertiary/aromatic N) is 2. The van der Waals surface area contributed by atoms with Gasteiger partial charge in [-0.1, -0.05) is 11.8 Å². The van der Waals surface area contributed by atoms with Crippen molar-refractivity contribution in [3.05, 3.63) is 29.8 Å². The van der Waals surface area contributed by atoms with Gasteiger partial charge in [-0.05, 0) is 6.07 Å². The number of hydrogen-bond acceptors (Lipinski definition) is 2. The molecule has 3 heteroatoms. The van der Waals surface area contributed by atoms with Crippen LogP contribution in [0, 0.1) is 29.0 Å².